The highest BCUT2D eigenvalue weighted by atomic mass is 32.1. The first-order valence-electron chi connectivity index (χ1n) is 15.6. The Kier molecular flexibility index (Phi) is 6.66. The summed E-state index contributed by atoms with van der Waals surface area (Å²) in [4.78, 5) is 2.34. The van der Waals surface area contributed by atoms with Gasteiger partial charge in [0.2, 0.25) is 0 Å². The summed E-state index contributed by atoms with van der Waals surface area (Å²) in [6.07, 6.45) is 0. The van der Waals surface area contributed by atoms with Crippen LogP contribution in [0.5, 0.6) is 0 Å². The maximum atomic E-state index is 2.43. The summed E-state index contributed by atoms with van der Waals surface area (Å²) in [6, 6.07) is 62.1. The Morgan fingerprint density at radius 1 is 0.326 bits per heavy atom. The van der Waals surface area contributed by atoms with Gasteiger partial charge in [-0.05, 0) is 83.4 Å². The number of benzene rings is 7. The Morgan fingerprint density at radius 3 is 1.59 bits per heavy atom. The van der Waals surface area contributed by atoms with Crippen molar-refractivity contribution in [2.24, 2.45) is 0 Å². The molecular formula is C43H29NS2. The van der Waals surface area contributed by atoms with E-state index in [9.17, 15) is 0 Å². The van der Waals surface area contributed by atoms with Crippen molar-refractivity contribution in [3.05, 3.63) is 187 Å². The molecule has 7 aromatic carbocycles. The lowest BCUT2D eigenvalue weighted by molar-refractivity contribution is 0.984. The minimum Gasteiger partial charge on any atom is -0.310 e. The quantitative estimate of drug-likeness (QED) is 0.167. The average molecular weight is 624 g/mol. The SMILES string of the molecule is c1ccc(C(c2ccc3c(c2)sc2ccc(N(c4ccccc4)c4ccccc4)cc23)c2ccc3sc4ccccc4c3c2)cc1. The van der Waals surface area contributed by atoms with Crippen molar-refractivity contribution in [2.75, 3.05) is 4.90 Å². The number of hydrogen-bond acceptors (Lipinski definition) is 3. The maximum absolute atomic E-state index is 2.43. The van der Waals surface area contributed by atoms with Crippen molar-refractivity contribution in [3.8, 4) is 0 Å². The molecular weight excluding hydrogens is 595 g/mol. The fourth-order valence-corrected chi connectivity index (χ4v) is 9.07. The second-order valence-electron chi connectivity index (χ2n) is 11.7. The van der Waals surface area contributed by atoms with Crippen LogP contribution in [0.3, 0.4) is 0 Å². The van der Waals surface area contributed by atoms with E-state index < -0.39 is 0 Å². The molecule has 0 spiro atoms. The van der Waals surface area contributed by atoms with E-state index in [0.29, 0.717) is 0 Å². The van der Waals surface area contributed by atoms with Gasteiger partial charge in [-0.1, -0.05) is 103 Å². The average Bonchev–Trinajstić information content (AvgIpc) is 3.67. The van der Waals surface area contributed by atoms with E-state index in [1.807, 2.05) is 22.7 Å². The maximum Gasteiger partial charge on any atom is 0.0468 e. The molecule has 0 radical (unpaired) electrons. The van der Waals surface area contributed by atoms with Crippen LogP contribution in [0.4, 0.5) is 17.1 Å². The van der Waals surface area contributed by atoms with Crippen LogP contribution < -0.4 is 4.90 Å². The minimum absolute atomic E-state index is 0.140. The van der Waals surface area contributed by atoms with Gasteiger partial charge in [-0.3, -0.25) is 0 Å². The van der Waals surface area contributed by atoms with E-state index in [0.717, 1.165) is 17.1 Å². The van der Waals surface area contributed by atoms with Gasteiger partial charge in [0, 0.05) is 63.3 Å². The second kappa shape index (κ2) is 11.3. The minimum atomic E-state index is 0.140. The number of para-hydroxylation sites is 2. The van der Waals surface area contributed by atoms with Gasteiger partial charge in [-0.15, -0.1) is 22.7 Å². The Balaban J connectivity index is 1.18. The fourth-order valence-electron chi connectivity index (χ4n) is 6.85. The number of thiophene rings is 2. The first-order chi connectivity index (χ1) is 22.8. The molecule has 0 bridgehead atoms. The zero-order valence-electron chi connectivity index (χ0n) is 25.0. The third-order valence-corrected chi connectivity index (χ3v) is 11.3. The summed E-state index contributed by atoms with van der Waals surface area (Å²) >= 11 is 3.76. The van der Waals surface area contributed by atoms with Crippen molar-refractivity contribution >= 4 is 80.1 Å². The normalized spacial score (nSPS) is 12.3. The molecule has 1 nitrogen and oxygen atoms in total. The summed E-state index contributed by atoms with van der Waals surface area (Å²) in [5, 5.41) is 5.28. The third kappa shape index (κ3) is 4.68. The van der Waals surface area contributed by atoms with E-state index >= 15 is 0 Å². The van der Waals surface area contributed by atoms with Crippen molar-refractivity contribution < 1.29 is 0 Å². The predicted molar refractivity (Wildman–Crippen MR) is 201 cm³/mol. The molecule has 218 valence electrons. The molecule has 9 rings (SSSR count). The monoisotopic (exact) mass is 623 g/mol. The lowest BCUT2D eigenvalue weighted by Gasteiger charge is -2.25. The number of hydrogen-bond donors (Lipinski definition) is 0. The van der Waals surface area contributed by atoms with Gasteiger partial charge in [-0.25, -0.2) is 0 Å². The topological polar surface area (TPSA) is 3.24 Å². The Labute approximate surface area is 276 Å². The van der Waals surface area contributed by atoms with E-state index in [4.69, 9.17) is 0 Å². The molecule has 0 fully saturated rings. The van der Waals surface area contributed by atoms with Crippen LogP contribution >= 0.6 is 22.7 Å². The first kappa shape index (κ1) is 27.1. The Morgan fingerprint density at radius 2 is 0.848 bits per heavy atom. The van der Waals surface area contributed by atoms with Crippen LogP contribution in [0.15, 0.2) is 170 Å². The molecule has 1 atom stereocenters. The van der Waals surface area contributed by atoms with Crippen LogP contribution in [-0.2, 0) is 0 Å². The van der Waals surface area contributed by atoms with Crippen molar-refractivity contribution in [3.63, 3.8) is 0 Å². The molecule has 46 heavy (non-hydrogen) atoms. The highest BCUT2D eigenvalue weighted by Crippen LogP contribution is 2.43. The number of rotatable bonds is 6. The van der Waals surface area contributed by atoms with Crippen LogP contribution in [0.25, 0.3) is 40.3 Å². The van der Waals surface area contributed by atoms with E-state index in [-0.39, 0.29) is 5.92 Å². The summed E-state index contributed by atoms with van der Waals surface area (Å²) in [5.41, 5.74) is 7.41. The van der Waals surface area contributed by atoms with Gasteiger partial charge in [0.15, 0.2) is 0 Å². The Bertz CT molecular complexity index is 2440. The summed E-state index contributed by atoms with van der Waals surface area (Å²) < 4.78 is 5.31. The van der Waals surface area contributed by atoms with Crippen LogP contribution in [0.2, 0.25) is 0 Å². The van der Waals surface area contributed by atoms with Gasteiger partial charge in [0.25, 0.3) is 0 Å². The summed E-state index contributed by atoms with van der Waals surface area (Å²) in [7, 11) is 0. The van der Waals surface area contributed by atoms with Crippen LogP contribution in [0.1, 0.15) is 22.6 Å². The van der Waals surface area contributed by atoms with Gasteiger partial charge < -0.3 is 4.90 Å². The fraction of sp³-hybridized carbons (Fsp3) is 0.0233. The molecule has 0 saturated heterocycles. The zero-order valence-corrected chi connectivity index (χ0v) is 26.6. The number of nitrogens with zero attached hydrogens (tertiary/aromatic N) is 1. The van der Waals surface area contributed by atoms with Gasteiger partial charge in [-0.2, -0.15) is 0 Å². The van der Waals surface area contributed by atoms with Crippen molar-refractivity contribution in [1.29, 1.82) is 0 Å². The number of anilines is 3. The van der Waals surface area contributed by atoms with Gasteiger partial charge >= 0.3 is 0 Å². The van der Waals surface area contributed by atoms with Crippen molar-refractivity contribution in [2.45, 2.75) is 5.92 Å². The smallest absolute Gasteiger partial charge is 0.0468 e. The standard InChI is InChI=1S/C43H29NS2/c1-4-12-29(13-5-1)43(30-21-24-40-37(26-30)35-18-10-11-19-39(35)45-40)31-20-23-36-38-28-34(22-25-41(38)46-42(36)27-31)44(32-14-6-2-7-15-32)33-16-8-3-9-17-33/h1-28,43H. The molecule has 2 aromatic heterocycles. The van der Waals surface area contributed by atoms with E-state index in [1.165, 1.54) is 57.0 Å². The molecule has 0 aliphatic heterocycles. The van der Waals surface area contributed by atoms with Gasteiger partial charge in [0.05, 0.1) is 0 Å². The zero-order chi connectivity index (χ0) is 30.5. The molecule has 0 saturated carbocycles. The van der Waals surface area contributed by atoms with E-state index in [2.05, 4.69) is 175 Å². The Hall–Kier alpha value is -5.22. The van der Waals surface area contributed by atoms with Gasteiger partial charge in [0.1, 0.15) is 0 Å². The molecule has 0 N–H and O–H groups in total. The predicted octanol–water partition coefficient (Wildman–Crippen LogP) is 13.1. The highest BCUT2D eigenvalue weighted by Gasteiger charge is 2.20. The van der Waals surface area contributed by atoms with Crippen molar-refractivity contribution in [1.82, 2.24) is 0 Å². The third-order valence-electron chi connectivity index (χ3n) is 8.97. The van der Waals surface area contributed by atoms with Crippen LogP contribution in [-0.4, -0.2) is 0 Å². The summed E-state index contributed by atoms with van der Waals surface area (Å²) in [5.74, 6) is 0.140. The van der Waals surface area contributed by atoms with E-state index in [1.54, 1.807) is 0 Å². The molecule has 3 heteroatoms. The highest BCUT2D eigenvalue weighted by molar-refractivity contribution is 7.26. The molecule has 0 amide bonds. The van der Waals surface area contributed by atoms with Crippen LogP contribution in [0, 0.1) is 0 Å². The molecule has 0 aliphatic carbocycles. The largest absolute Gasteiger partial charge is 0.310 e. The molecule has 2 heterocycles. The number of fused-ring (bicyclic) bond motifs is 6. The molecule has 9 aromatic rings. The molecule has 0 aliphatic rings. The second-order valence-corrected chi connectivity index (χ2v) is 13.9. The lowest BCUT2D eigenvalue weighted by Crippen LogP contribution is -2.09. The lowest BCUT2D eigenvalue weighted by atomic mass is 9.84. The first-order valence-corrected chi connectivity index (χ1v) is 17.3. The molecule has 1 unspecified atom stereocenters. The summed E-state index contributed by atoms with van der Waals surface area (Å²) in [6.45, 7) is 0.